The standard InChI is InChI=1S/C33H42N5O7S/c1-20-25(30(33(42)43)36-29(20)27(21(2)39)32(36)41)19-35-31(40)24-6-3-5-23-22(7-8-26(28(23)24)46(35,44)45)9-12-38-16-13-37(14-17-38,15-18-38)11-4-10-34/h3,5-8,20-21,27,29,39H,4,9-19,34H2,1-2H3/q+1/p+1/t20-,21+,27+,29+,37?,38?/m0/s1. The molecule has 4 N–H and O–H groups in total. The van der Waals surface area contributed by atoms with E-state index in [4.69, 9.17) is 5.73 Å². The zero-order chi connectivity index (χ0) is 32.8. The van der Waals surface area contributed by atoms with E-state index in [1.165, 1.54) is 11.4 Å². The Labute approximate surface area is 268 Å². The molecule has 6 aliphatic heterocycles. The van der Waals surface area contributed by atoms with Crippen LogP contribution in [-0.2, 0) is 26.0 Å². The summed E-state index contributed by atoms with van der Waals surface area (Å²) in [5.41, 5.74) is 6.94. The average Bonchev–Trinajstić information content (AvgIpc) is 3.28. The van der Waals surface area contributed by atoms with Crippen LogP contribution in [0.1, 0.15) is 36.2 Å². The number of aliphatic hydroxyl groups excluding tert-OH is 1. The van der Waals surface area contributed by atoms with Crippen LogP contribution in [-0.4, -0.2) is 132 Å². The normalized spacial score (nSPS) is 31.8. The number of carbonyl (C=O) groups excluding carboxylic acids is 2. The molecule has 2 aromatic rings. The second-order valence-electron chi connectivity index (χ2n) is 14.1. The number of amides is 2. The minimum absolute atomic E-state index is 0.0239. The van der Waals surface area contributed by atoms with E-state index in [-0.39, 0.29) is 21.7 Å². The van der Waals surface area contributed by atoms with Crippen LogP contribution in [0.15, 0.2) is 46.5 Å². The summed E-state index contributed by atoms with van der Waals surface area (Å²) >= 11 is 0. The number of nitrogens with zero attached hydrogens (tertiary/aromatic N) is 4. The molecule has 4 atom stereocenters. The monoisotopic (exact) mass is 653 g/mol. The van der Waals surface area contributed by atoms with Crippen LogP contribution >= 0.6 is 0 Å². The molecular weight excluding hydrogens is 610 g/mol. The van der Waals surface area contributed by atoms with E-state index in [9.17, 15) is 33.0 Å². The molecule has 2 amide bonds. The second kappa shape index (κ2) is 10.8. The number of hydrogen-bond acceptors (Lipinski definition) is 7. The molecule has 2 bridgehead atoms. The Morgan fingerprint density at radius 3 is 2.30 bits per heavy atom. The molecule has 0 unspecified atom stereocenters. The molecule has 0 aliphatic carbocycles. The predicted molar refractivity (Wildman–Crippen MR) is 169 cm³/mol. The fourth-order valence-electron chi connectivity index (χ4n) is 8.97. The third-order valence-electron chi connectivity index (χ3n) is 11.8. The first-order valence-electron chi connectivity index (χ1n) is 16.3. The summed E-state index contributed by atoms with van der Waals surface area (Å²) in [7, 11) is -4.34. The van der Waals surface area contributed by atoms with Crippen LogP contribution in [0, 0.1) is 11.8 Å². The number of β-lactam (4-membered cyclic amide) rings is 1. The number of carboxylic acids is 1. The predicted octanol–water partition coefficient (Wildman–Crippen LogP) is 0.733. The molecule has 6 aliphatic rings. The maximum atomic E-state index is 14.1. The SMILES string of the molecule is C[C@@H](O)[C@H]1C(=O)N2C(C(=O)O)=C(CN3C(=O)c4cccc5c(CC[N+]67CC[N+](CCCN)(CC6)CC7)ccc(c45)S3(=O)=O)[C@H](C)[C@H]12. The van der Waals surface area contributed by atoms with Gasteiger partial charge in [-0.05, 0) is 42.1 Å². The minimum atomic E-state index is -4.34. The highest BCUT2D eigenvalue weighted by Gasteiger charge is 2.60. The molecule has 4 fully saturated rings. The van der Waals surface area contributed by atoms with Gasteiger partial charge in [0.05, 0.1) is 42.6 Å². The van der Waals surface area contributed by atoms with E-state index in [1.54, 1.807) is 25.1 Å². The molecule has 6 heterocycles. The molecule has 0 radical (unpaired) electrons. The highest BCUT2D eigenvalue weighted by atomic mass is 32.2. The average molecular weight is 654 g/mol. The van der Waals surface area contributed by atoms with Crippen molar-refractivity contribution in [1.29, 1.82) is 0 Å². The van der Waals surface area contributed by atoms with Gasteiger partial charge >= 0.3 is 5.97 Å². The molecule has 46 heavy (non-hydrogen) atoms. The van der Waals surface area contributed by atoms with Crippen molar-refractivity contribution >= 4 is 38.6 Å². The molecule has 2 aromatic carbocycles. The van der Waals surface area contributed by atoms with E-state index < -0.39 is 58.3 Å². The van der Waals surface area contributed by atoms with E-state index >= 15 is 0 Å². The number of benzene rings is 2. The van der Waals surface area contributed by atoms with Crippen LogP contribution in [0.2, 0.25) is 0 Å². The van der Waals surface area contributed by atoms with Gasteiger partial charge < -0.3 is 29.8 Å². The topological polar surface area (TPSA) is 158 Å². The molecule has 8 rings (SSSR count). The van der Waals surface area contributed by atoms with Gasteiger partial charge in [0.1, 0.15) is 45.0 Å². The summed E-state index contributed by atoms with van der Waals surface area (Å²) < 4.78 is 31.2. The number of fused-ring (bicyclic) bond motifs is 4. The third kappa shape index (κ3) is 4.46. The number of aliphatic hydroxyl groups is 1. The quantitative estimate of drug-likeness (QED) is 0.250. The smallest absolute Gasteiger partial charge is 0.352 e. The lowest BCUT2D eigenvalue weighted by atomic mass is 9.78. The fraction of sp³-hybridized carbons (Fsp3) is 0.545. The van der Waals surface area contributed by atoms with Gasteiger partial charge in [-0.1, -0.05) is 25.1 Å². The van der Waals surface area contributed by atoms with Gasteiger partial charge in [-0.15, -0.1) is 0 Å². The molecule has 0 aromatic heterocycles. The largest absolute Gasteiger partial charge is 0.477 e. The van der Waals surface area contributed by atoms with Gasteiger partial charge in [-0.3, -0.25) is 9.59 Å². The lowest BCUT2D eigenvalue weighted by Crippen LogP contribution is -2.75. The van der Waals surface area contributed by atoms with Crippen LogP contribution in [0.5, 0.6) is 0 Å². The van der Waals surface area contributed by atoms with Crippen LogP contribution in [0.4, 0.5) is 0 Å². The highest BCUT2D eigenvalue weighted by Crippen LogP contribution is 2.48. The Morgan fingerprint density at radius 1 is 1.04 bits per heavy atom. The van der Waals surface area contributed by atoms with Crippen LogP contribution < -0.4 is 5.73 Å². The van der Waals surface area contributed by atoms with Crippen molar-refractivity contribution in [2.75, 3.05) is 65.4 Å². The molecule has 0 spiro atoms. The molecule has 12 nitrogen and oxygen atoms in total. The van der Waals surface area contributed by atoms with Gasteiger partial charge in [0.25, 0.3) is 15.9 Å². The van der Waals surface area contributed by atoms with Crippen molar-refractivity contribution in [3.8, 4) is 0 Å². The van der Waals surface area contributed by atoms with Crippen molar-refractivity contribution < 1.29 is 42.0 Å². The lowest BCUT2D eigenvalue weighted by molar-refractivity contribution is -1.08. The molecular formula is C33H43N5O7S+2. The number of rotatable bonds is 10. The minimum Gasteiger partial charge on any atom is -0.477 e. The number of piperazine rings is 3. The Balaban J connectivity index is 1.17. The van der Waals surface area contributed by atoms with E-state index in [2.05, 4.69) is 0 Å². The molecule has 246 valence electrons. The van der Waals surface area contributed by atoms with Crippen molar-refractivity contribution in [1.82, 2.24) is 9.21 Å². The van der Waals surface area contributed by atoms with Gasteiger partial charge in [0.2, 0.25) is 5.91 Å². The molecule has 13 heteroatoms. The highest BCUT2D eigenvalue weighted by molar-refractivity contribution is 7.90. The maximum Gasteiger partial charge on any atom is 0.352 e. The van der Waals surface area contributed by atoms with E-state index in [0.29, 0.717) is 5.39 Å². The van der Waals surface area contributed by atoms with Crippen molar-refractivity contribution in [3.63, 3.8) is 0 Å². The van der Waals surface area contributed by atoms with Gasteiger partial charge in [0.15, 0.2) is 0 Å². The fourth-order valence-corrected chi connectivity index (χ4v) is 10.6. The Hall–Kier alpha value is -3.36. The first kappa shape index (κ1) is 31.3. The number of quaternary nitrogens is 2. The second-order valence-corrected chi connectivity index (χ2v) is 15.9. The summed E-state index contributed by atoms with van der Waals surface area (Å²) in [6, 6.07) is 8.12. The Kier molecular flexibility index (Phi) is 7.37. The number of hydrogen-bond donors (Lipinski definition) is 3. The van der Waals surface area contributed by atoms with Crippen molar-refractivity contribution in [2.45, 2.75) is 43.7 Å². The van der Waals surface area contributed by atoms with Gasteiger partial charge in [-0.25, -0.2) is 17.5 Å². The molecule has 0 saturated carbocycles. The summed E-state index contributed by atoms with van der Waals surface area (Å²) in [4.78, 5) is 40.3. The number of nitrogens with two attached hydrogens (primary N) is 1. The maximum absolute atomic E-state index is 14.1. The summed E-state index contributed by atoms with van der Waals surface area (Å²) in [6.45, 7) is 12.4. The van der Waals surface area contributed by atoms with Gasteiger partial charge in [-0.2, -0.15) is 0 Å². The van der Waals surface area contributed by atoms with Gasteiger partial charge in [0, 0.05) is 29.7 Å². The first-order chi connectivity index (χ1) is 21.8. The summed E-state index contributed by atoms with van der Waals surface area (Å²) in [5.74, 6) is -3.95. The number of carbonyl (C=O) groups is 3. The Bertz CT molecular complexity index is 1780. The summed E-state index contributed by atoms with van der Waals surface area (Å²) in [5, 5.41) is 21.4. The van der Waals surface area contributed by atoms with Crippen molar-refractivity contribution in [2.24, 2.45) is 17.6 Å². The van der Waals surface area contributed by atoms with E-state index in [1.807, 2.05) is 12.1 Å². The third-order valence-corrected chi connectivity index (χ3v) is 13.6. The zero-order valence-electron chi connectivity index (χ0n) is 26.4. The number of aliphatic carboxylic acids is 1. The number of carboxylic acid groups (broad SMARTS) is 1. The number of sulfonamides is 1. The Morgan fingerprint density at radius 2 is 1.70 bits per heavy atom. The van der Waals surface area contributed by atoms with Crippen LogP contribution in [0.3, 0.4) is 0 Å². The lowest BCUT2D eigenvalue weighted by Gasteiger charge is -2.55. The van der Waals surface area contributed by atoms with Crippen LogP contribution in [0.25, 0.3) is 10.8 Å². The molecule has 4 saturated heterocycles. The summed E-state index contributed by atoms with van der Waals surface area (Å²) in [6.07, 6.45) is 0.829. The first-order valence-corrected chi connectivity index (χ1v) is 17.8. The van der Waals surface area contributed by atoms with E-state index in [0.717, 1.165) is 96.4 Å². The zero-order valence-corrected chi connectivity index (χ0v) is 27.2. The van der Waals surface area contributed by atoms with Crippen molar-refractivity contribution in [3.05, 3.63) is 52.7 Å².